The van der Waals surface area contributed by atoms with Gasteiger partial charge in [0.1, 0.15) is 5.75 Å². The van der Waals surface area contributed by atoms with E-state index in [9.17, 15) is 4.79 Å². The first kappa shape index (κ1) is 19.3. The third-order valence-corrected chi connectivity index (χ3v) is 5.68. The molecule has 142 valence electrons. The van der Waals surface area contributed by atoms with E-state index in [1.807, 2.05) is 32.3 Å². The van der Waals surface area contributed by atoms with E-state index in [1.165, 1.54) is 5.56 Å². The number of aryl methyl sites for hydroxylation is 2. The largest absolute Gasteiger partial charge is 0.497 e. The Bertz CT molecular complexity index is 965. The lowest BCUT2D eigenvalue weighted by Gasteiger charge is -2.22. The van der Waals surface area contributed by atoms with Crippen LogP contribution in [0.25, 0.3) is 10.2 Å². The first-order chi connectivity index (χ1) is 12.9. The molecule has 0 N–H and O–H groups in total. The lowest BCUT2D eigenvalue weighted by molar-refractivity contribution is 0.0985. The minimum absolute atomic E-state index is 0.0656. The van der Waals surface area contributed by atoms with Gasteiger partial charge in [0.05, 0.1) is 17.3 Å². The zero-order valence-corrected chi connectivity index (χ0v) is 17.3. The van der Waals surface area contributed by atoms with Crippen molar-refractivity contribution in [1.29, 1.82) is 0 Å². The van der Waals surface area contributed by atoms with Crippen LogP contribution in [0, 0.1) is 13.8 Å². The van der Waals surface area contributed by atoms with Crippen molar-refractivity contribution in [2.24, 2.45) is 0 Å². The smallest absolute Gasteiger partial charge is 0.260 e. The van der Waals surface area contributed by atoms with Crippen LogP contribution in [-0.2, 0) is 0 Å². The maximum absolute atomic E-state index is 13.3. The van der Waals surface area contributed by atoms with Crippen molar-refractivity contribution < 1.29 is 9.53 Å². The Labute approximate surface area is 164 Å². The van der Waals surface area contributed by atoms with Crippen molar-refractivity contribution in [3.8, 4) is 5.75 Å². The number of ether oxygens (including phenoxy) is 1. The van der Waals surface area contributed by atoms with Crippen LogP contribution < -0.4 is 9.64 Å². The Kier molecular flexibility index (Phi) is 5.77. The number of amides is 1. The van der Waals surface area contributed by atoms with Crippen molar-refractivity contribution in [2.45, 2.75) is 13.8 Å². The number of methoxy groups -OCH3 is 1. The summed E-state index contributed by atoms with van der Waals surface area (Å²) in [4.78, 5) is 21.9. The molecule has 0 bridgehead atoms. The summed E-state index contributed by atoms with van der Waals surface area (Å²) in [5.41, 5.74) is 3.94. The van der Waals surface area contributed by atoms with Gasteiger partial charge in [0, 0.05) is 18.7 Å². The molecular weight excluding hydrogens is 358 g/mol. The van der Waals surface area contributed by atoms with Crippen LogP contribution in [0.15, 0.2) is 36.4 Å². The number of carbonyl (C=O) groups is 1. The molecular formula is C21H25N3O2S. The molecule has 0 fully saturated rings. The van der Waals surface area contributed by atoms with Gasteiger partial charge < -0.3 is 9.64 Å². The quantitative estimate of drug-likeness (QED) is 0.642. The number of thiazole rings is 1. The van der Waals surface area contributed by atoms with Crippen molar-refractivity contribution in [3.05, 3.63) is 53.1 Å². The van der Waals surface area contributed by atoms with E-state index in [0.29, 0.717) is 17.9 Å². The standard InChI is InChI=1S/C21H25N3O2S/c1-14-9-10-18-19(15(14)2)22-21(27-18)24(12-11-23(3)4)20(25)16-7-6-8-17(13-16)26-5/h6-10,13H,11-12H2,1-5H3. The molecule has 0 saturated heterocycles. The van der Waals surface area contributed by atoms with Gasteiger partial charge in [0.15, 0.2) is 5.13 Å². The summed E-state index contributed by atoms with van der Waals surface area (Å²) < 4.78 is 6.37. The van der Waals surface area contributed by atoms with Crippen LogP contribution in [0.3, 0.4) is 0 Å². The van der Waals surface area contributed by atoms with Gasteiger partial charge in [-0.3, -0.25) is 9.69 Å². The molecule has 0 aliphatic heterocycles. The number of nitrogens with zero attached hydrogens (tertiary/aromatic N) is 3. The molecule has 3 aromatic rings. The highest BCUT2D eigenvalue weighted by Crippen LogP contribution is 2.32. The average molecular weight is 384 g/mol. The zero-order chi connectivity index (χ0) is 19.6. The van der Waals surface area contributed by atoms with Crippen LogP contribution in [0.2, 0.25) is 0 Å². The SMILES string of the molecule is COc1cccc(C(=O)N(CCN(C)C)c2nc3c(C)c(C)ccc3s2)c1. The number of carbonyl (C=O) groups excluding carboxylic acids is 1. The number of hydrogen-bond acceptors (Lipinski definition) is 5. The molecule has 2 aromatic carbocycles. The molecule has 0 atom stereocenters. The van der Waals surface area contributed by atoms with Gasteiger partial charge in [-0.1, -0.05) is 23.5 Å². The first-order valence-corrected chi connectivity index (χ1v) is 9.69. The second kappa shape index (κ2) is 8.06. The van der Waals surface area contributed by atoms with Crippen LogP contribution in [-0.4, -0.2) is 50.1 Å². The fourth-order valence-corrected chi connectivity index (χ4v) is 3.88. The van der Waals surface area contributed by atoms with E-state index in [0.717, 1.165) is 27.5 Å². The van der Waals surface area contributed by atoms with Gasteiger partial charge in [-0.05, 0) is 63.3 Å². The van der Waals surface area contributed by atoms with Crippen molar-refractivity contribution in [3.63, 3.8) is 0 Å². The molecule has 0 aliphatic rings. The summed E-state index contributed by atoms with van der Waals surface area (Å²) in [5.74, 6) is 0.605. The molecule has 3 rings (SSSR count). The van der Waals surface area contributed by atoms with Gasteiger partial charge in [-0.25, -0.2) is 4.98 Å². The van der Waals surface area contributed by atoms with Crippen molar-refractivity contribution >= 4 is 32.6 Å². The average Bonchev–Trinajstić information content (AvgIpc) is 3.09. The predicted molar refractivity (Wildman–Crippen MR) is 112 cm³/mol. The summed E-state index contributed by atoms with van der Waals surface area (Å²) in [6.07, 6.45) is 0. The second-order valence-electron chi connectivity index (χ2n) is 6.84. The molecule has 6 heteroatoms. The van der Waals surface area contributed by atoms with Gasteiger partial charge in [-0.2, -0.15) is 0 Å². The topological polar surface area (TPSA) is 45.7 Å². The Morgan fingerprint density at radius 3 is 2.63 bits per heavy atom. The van der Waals surface area contributed by atoms with Gasteiger partial charge in [-0.15, -0.1) is 0 Å². The highest BCUT2D eigenvalue weighted by atomic mass is 32.1. The monoisotopic (exact) mass is 383 g/mol. The van der Waals surface area contributed by atoms with E-state index in [4.69, 9.17) is 9.72 Å². The van der Waals surface area contributed by atoms with Crippen molar-refractivity contribution in [2.75, 3.05) is 39.2 Å². The second-order valence-corrected chi connectivity index (χ2v) is 7.85. The molecule has 0 saturated carbocycles. The number of likely N-dealkylation sites (N-methyl/N-ethyl adjacent to an activating group) is 1. The minimum atomic E-state index is -0.0656. The fraction of sp³-hybridized carbons (Fsp3) is 0.333. The Balaban J connectivity index is 2.02. The molecule has 0 aliphatic carbocycles. The van der Waals surface area contributed by atoms with Gasteiger partial charge in [0.2, 0.25) is 0 Å². The third-order valence-electron chi connectivity index (χ3n) is 4.64. The van der Waals surface area contributed by atoms with E-state index in [2.05, 4.69) is 30.9 Å². The van der Waals surface area contributed by atoms with E-state index in [1.54, 1.807) is 29.4 Å². The third kappa shape index (κ3) is 4.12. The summed E-state index contributed by atoms with van der Waals surface area (Å²) >= 11 is 1.56. The zero-order valence-electron chi connectivity index (χ0n) is 16.4. The Morgan fingerprint density at radius 2 is 1.93 bits per heavy atom. The maximum Gasteiger partial charge on any atom is 0.260 e. The van der Waals surface area contributed by atoms with Gasteiger partial charge in [0.25, 0.3) is 5.91 Å². The van der Waals surface area contributed by atoms with E-state index >= 15 is 0 Å². The molecule has 0 unspecified atom stereocenters. The summed E-state index contributed by atoms with van der Waals surface area (Å²) in [7, 11) is 5.60. The number of benzene rings is 2. The number of anilines is 1. The van der Waals surface area contributed by atoms with Crippen molar-refractivity contribution in [1.82, 2.24) is 9.88 Å². The lowest BCUT2D eigenvalue weighted by Crippen LogP contribution is -2.36. The maximum atomic E-state index is 13.3. The molecule has 27 heavy (non-hydrogen) atoms. The van der Waals surface area contributed by atoms with Crippen LogP contribution in [0.5, 0.6) is 5.75 Å². The Morgan fingerprint density at radius 1 is 1.15 bits per heavy atom. The number of rotatable bonds is 6. The molecule has 1 amide bonds. The lowest BCUT2D eigenvalue weighted by atomic mass is 10.1. The molecule has 1 heterocycles. The molecule has 5 nitrogen and oxygen atoms in total. The first-order valence-electron chi connectivity index (χ1n) is 8.88. The van der Waals surface area contributed by atoms with Crippen LogP contribution in [0.1, 0.15) is 21.5 Å². The Hall–Kier alpha value is -2.44. The highest BCUT2D eigenvalue weighted by molar-refractivity contribution is 7.22. The normalized spacial score (nSPS) is 11.2. The molecule has 0 spiro atoms. The fourth-order valence-electron chi connectivity index (χ4n) is 2.83. The van der Waals surface area contributed by atoms with Crippen LogP contribution >= 0.6 is 11.3 Å². The molecule has 0 radical (unpaired) electrons. The molecule has 1 aromatic heterocycles. The highest BCUT2D eigenvalue weighted by Gasteiger charge is 2.22. The van der Waals surface area contributed by atoms with E-state index in [-0.39, 0.29) is 5.91 Å². The summed E-state index contributed by atoms with van der Waals surface area (Å²) in [5, 5.41) is 0.730. The van der Waals surface area contributed by atoms with Gasteiger partial charge >= 0.3 is 0 Å². The van der Waals surface area contributed by atoms with E-state index < -0.39 is 0 Å². The summed E-state index contributed by atoms with van der Waals surface area (Å²) in [6, 6.07) is 11.4. The number of aromatic nitrogens is 1. The minimum Gasteiger partial charge on any atom is -0.497 e. The number of fused-ring (bicyclic) bond motifs is 1. The predicted octanol–water partition coefficient (Wildman–Crippen LogP) is 4.13. The number of hydrogen-bond donors (Lipinski definition) is 0. The van der Waals surface area contributed by atoms with Crippen LogP contribution in [0.4, 0.5) is 5.13 Å². The summed E-state index contributed by atoms with van der Waals surface area (Å²) in [6.45, 7) is 5.48.